The van der Waals surface area contributed by atoms with E-state index in [4.69, 9.17) is 9.47 Å². The topological polar surface area (TPSA) is 55.8 Å². The molecule has 0 saturated heterocycles. The largest absolute Gasteiger partial charge is 0.465 e. The van der Waals surface area contributed by atoms with Crippen LogP contribution in [0.3, 0.4) is 0 Å². The Morgan fingerprint density at radius 2 is 1.62 bits per heavy atom. The summed E-state index contributed by atoms with van der Waals surface area (Å²) in [6.45, 7) is 6.26. The fraction of sp³-hybridized carbons (Fsp3) is 0.448. The van der Waals surface area contributed by atoms with Gasteiger partial charge in [0.15, 0.2) is 0 Å². The molecule has 3 atom stereocenters. The number of carbonyl (C=O) groups excluding carboxylic acids is 2. The number of rotatable bonds is 6. The lowest BCUT2D eigenvalue weighted by molar-refractivity contribution is -0.167. The first-order valence-electron chi connectivity index (χ1n) is 12.4. The summed E-state index contributed by atoms with van der Waals surface area (Å²) >= 11 is 0. The zero-order valence-corrected chi connectivity index (χ0v) is 20.5. The number of ether oxygens (including phenoxy) is 2. The van der Waals surface area contributed by atoms with Gasteiger partial charge in [-0.15, -0.1) is 0 Å². The Hall–Kier alpha value is -3.08. The number of hydrogen-bond acceptors (Lipinski definition) is 5. The highest BCUT2D eigenvalue weighted by Crippen LogP contribution is 2.67. The van der Waals surface area contributed by atoms with Gasteiger partial charge < -0.3 is 14.4 Å². The maximum atomic E-state index is 14.4. The lowest BCUT2D eigenvalue weighted by Crippen LogP contribution is -2.73. The lowest BCUT2D eigenvalue weighted by Gasteiger charge is -2.65. The highest BCUT2D eigenvalue weighted by atomic mass is 16.5. The van der Waals surface area contributed by atoms with E-state index in [0.29, 0.717) is 18.6 Å². The zero-order chi connectivity index (χ0) is 24.1. The number of likely N-dealkylation sites (N-methyl/N-ethyl adjacent to an activating group) is 1. The molecule has 0 N–H and O–H groups in total. The third kappa shape index (κ3) is 2.85. The first-order valence-corrected chi connectivity index (χ1v) is 12.4. The molecule has 5 rings (SSSR count). The van der Waals surface area contributed by atoms with E-state index in [0.717, 1.165) is 29.7 Å². The van der Waals surface area contributed by atoms with Crippen molar-refractivity contribution >= 4 is 11.9 Å². The molecule has 0 bridgehead atoms. The zero-order valence-electron chi connectivity index (χ0n) is 20.5. The lowest BCUT2D eigenvalue weighted by atomic mass is 9.45. The summed E-state index contributed by atoms with van der Waals surface area (Å²) in [5.74, 6) is -0.681. The molecule has 1 aliphatic heterocycles. The molecule has 1 heterocycles. The summed E-state index contributed by atoms with van der Waals surface area (Å²) in [4.78, 5) is 30.1. The van der Waals surface area contributed by atoms with Crippen LogP contribution >= 0.6 is 0 Å². The van der Waals surface area contributed by atoms with Gasteiger partial charge in [0.25, 0.3) is 0 Å². The molecule has 2 aliphatic carbocycles. The predicted molar refractivity (Wildman–Crippen MR) is 130 cm³/mol. The van der Waals surface area contributed by atoms with Crippen molar-refractivity contribution in [2.75, 3.05) is 20.3 Å². The minimum atomic E-state index is -1.07. The van der Waals surface area contributed by atoms with E-state index in [2.05, 4.69) is 17.0 Å². The molecule has 1 spiro atoms. The molecule has 3 aliphatic rings. The summed E-state index contributed by atoms with van der Waals surface area (Å²) < 4.78 is 11.5. The monoisotopic (exact) mass is 459 g/mol. The molecule has 1 fully saturated rings. The average molecular weight is 460 g/mol. The molecular weight excluding hydrogens is 426 g/mol. The SMILES string of the molecule is CCOC(=O)C1=C(C)N(C)[C@]2(Cc3ccccc32)[C@](C(=O)OCC)(c2ccccc2)[C@H]1C1CC1. The van der Waals surface area contributed by atoms with Crippen molar-refractivity contribution in [2.24, 2.45) is 11.8 Å². The summed E-state index contributed by atoms with van der Waals surface area (Å²) in [6, 6.07) is 18.4. The number of benzene rings is 2. The normalized spacial score (nSPS) is 27.8. The fourth-order valence-corrected chi connectivity index (χ4v) is 6.70. The smallest absolute Gasteiger partial charge is 0.336 e. The predicted octanol–water partition coefficient (Wildman–Crippen LogP) is 4.75. The Kier molecular flexibility index (Phi) is 5.54. The maximum absolute atomic E-state index is 14.4. The Balaban J connectivity index is 1.90. The van der Waals surface area contributed by atoms with Crippen LogP contribution in [0, 0.1) is 11.8 Å². The quantitative estimate of drug-likeness (QED) is 0.584. The van der Waals surface area contributed by atoms with Gasteiger partial charge >= 0.3 is 11.9 Å². The molecule has 0 radical (unpaired) electrons. The molecule has 5 nitrogen and oxygen atoms in total. The van der Waals surface area contributed by atoms with Gasteiger partial charge in [0.05, 0.1) is 24.3 Å². The van der Waals surface area contributed by atoms with Crippen molar-refractivity contribution in [3.8, 4) is 0 Å². The minimum absolute atomic E-state index is 0.220. The summed E-state index contributed by atoms with van der Waals surface area (Å²) in [7, 11) is 2.02. The van der Waals surface area contributed by atoms with Gasteiger partial charge in [-0.3, -0.25) is 4.79 Å². The molecule has 1 saturated carbocycles. The number of nitrogens with zero attached hydrogens (tertiary/aromatic N) is 1. The molecule has 178 valence electrons. The van der Waals surface area contributed by atoms with Crippen LogP contribution in [0.25, 0.3) is 0 Å². The number of fused-ring (bicyclic) bond motifs is 2. The minimum Gasteiger partial charge on any atom is -0.465 e. The van der Waals surface area contributed by atoms with Crippen LogP contribution in [0.1, 0.15) is 50.3 Å². The van der Waals surface area contributed by atoms with E-state index >= 15 is 0 Å². The Morgan fingerprint density at radius 3 is 2.24 bits per heavy atom. The van der Waals surface area contributed by atoms with Crippen LogP contribution in [0.2, 0.25) is 0 Å². The van der Waals surface area contributed by atoms with E-state index in [-0.39, 0.29) is 30.4 Å². The third-order valence-corrected chi connectivity index (χ3v) is 8.22. The molecule has 34 heavy (non-hydrogen) atoms. The first-order chi connectivity index (χ1) is 16.4. The average Bonchev–Trinajstić information content (AvgIpc) is 3.66. The number of allylic oxidation sites excluding steroid dienone is 1. The van der Waals surface area contributed by atoms with E-state index in [1.165, 1.54) is 5.56 Å². The Morgan fingerprint density at radius 1 is 0.971 bits per heavy atom. The van der Waals surface area contributed by atoms with Crippen molar-refractivity contribution in [3.63, 3.8) is 0 Å². The number of esters is 2. The van der Waals surface area contributed by atoms with Crippen LogP contribution in [0.5, 0.6) is 0 Å². The van der Waals surface area contributed by atoms with Crippen molar-refractivity contribution < 1.29 is 19.1 Å². The maximum Gasteiger partial charge on any atom is 0.336 e. The van der Waals surface area contributed by atoms with Crippen molar-refractivity contribution in [3.05, 3.63) is 82.6 Å². The van der Waals surface area contributed by atoms with E-state index in [1.54, 1.807) is 0 Å². The molecular formula is C29H33NO4. The highest BCUT2D eigenvalue weighted by molar-refractivity contribution is 5.96. The van der Waals surface area contributed by atoms with Crippen LogP contribution < -0.4 is 0 Å². The standard InChI is InChI=1S/C29H33NO4/c1-5-33-26(31)24-19(3)30(4)28(18-21-12-10-11-15-23(21)28)29(27(32)34-6-2,25(24)20-16-17-20)22-13-8-7-9-14-22/h7-15,20,25H,5-6,16-18H2,1-4H3/t25-,28-,29+/m0/s1. The van der Waals surface area contributed by atoms with Gasteiger partial charge in [0, 0.05) is 25.1 Å². The Labute approximate surface area is 201 Å². The van der Waals surface area contributed by atoms with E-state index in [9.17, 15) is 9.59 Å². The van der Waals surface area contributed by atoms with Gasteiger partial charge in [-0.05, 0) is 56.2 Å². The van der Waals surface area contributed by atoms with Crippen molar-refractivity contribution in [2.45, 2.75) is 51.0 Å². The summed E-state index contributed by atoms with van der Waals surface area (Å²) in [5, 5.41) is 0. The molecule has 0 aromatic heterocycles. The van der Waals surface area contributed by atoms with Gasteiger partial charge in [0.2, 0.25) is 0 Å². The van der Waals surface area contributed by atoms with Gasteiger partial charge in [-0.2, -0.15) is 0 Å². The summed E-state index contributed by atoms with van der Waals surface area (Å²) in [5.41, 5.74) is 3.07. The van der Waals surface area contributed by atoms with Gasteiger partial charge in [-0.1, -0.05) is 54.6 Å². The van der Waals surface area contributed by atoms with Crippen molar-refractivity contribution in [1.29, 1.82) is 0 Å². The Bertz CT molecular complexity index is 1150. The molecule has 2 aromatic rings. The second-order valence-electron chi connectivity index (χ2n) is 9.68. The van der Waals surface area contributed by atoms with Crippen LogP contribution in [-0.4, -0.2) is 37.1 Å². The number of hydrogen-bond donors (Lipinski definition) is 0. The van der Waals surface area contributed by atoms with Gasteiger partial charge in [0.1, 0.15) is 5.41 Å². The van der Waals surface area contributed by atoms with Crippen LogP contribution in [0.15, 0.2) is 65.9 Å². The van der Waals surface area contributed by atoms with E-state index in [1.807, 2.05) is 70.3 Å². The molecule has 0 amide bonds. The fourth-order valence-electron chi connectivity index (χ4n) is 6.70. The molecule has 2 aromatic carbocycles. The van der Waals surface area contributed by atoms with E-state index < -0.39 is 11.0 Å². The molecule has 5 heteroatoms. The second-order valence-corrected chi connectivity index (χ2v) is 9.68. The number of carbonyl (C=O) groups is 2. The highest BCUT2D eigenvalue weighted by Gasteiger charge is 2.73. The van der Waals surface area contributed by atoms with Crippen LogP contribution in [0.4, 0.5) is 0 Å². The van der Waals surface area contributed by atoms with Crippen LogP contribution in [-0.2, 0) is 36.4 Å². The third-order valence-electron chi connectivity index (χ3n) is 8.22. The second kappa shape index (κ2) is 8.30. The van der Waals surface area contributed by atoms with Crippen molar-refractivity contribution in [1.82, 2.24) is 4.90 Å². The summed E-state index contributed by atoms with van der Waals surface area (Å²) in [6.07, 6.45) is 2.68. The molecule has 0 unspecified atom stereocenters. The first kappa shape index (κ1) is 22.7. The van der Waals surface area contributed by atoms with Gasteiger partial charge in [-0.25, -0.2) is 4.79 Å².